The predicted molar refractivity (Wildman–Crippen MR) is 83.8 cm³/mol. The zero-order chi connectivity index (χ0) is 14.8. The Bertz CT molecular complexity index is 732. The summed E-state index contributed by atoms with van der Waals surface area (Å²) >= 11 is 1.68. The number of aromatic nitrogens is 4. The summed E-state index contributed by atoms with van der Waals surface area (Å²) in [5.41, 5.74) is 4.94. The van der Waals surface area contributed by atoms with Crippen LogP contribution in [0.5, 0.6) is 0 Å². The van der Waals surface area contributed by atoms with Gasteiger partial charge in [-0.15, -0.1) is 11.3 Å². The van der Waals surface area contributed by atoms with Gasteiger partial charge in [-0.3, -0.25) is 16.3 Å². The lowest BCUT2D eigenvalue weighted by Crippen LogP contribution is -2.30. The molecule has 0 fully saturated rings. The van der Waals surface area contributed by atoms with Gasteiger partial charge >= 0.3 is 0 Å². The minimum Gasteiger partial charge on any atom is -0.271 e. The lowest BCUT2D eigenvalue weighted by molar-refractivity contribution is 0.468. The third-order valence-electron chi connectivity index (χ3n) is 3.45. The Balaban J connectivity index is 1.88. The molecule has 110 valence electrons. The second-order valence-electron chi connectivity index (χ2n) is 5.21. The Labute approximate surface area is 127 Å². The van der Waals surface area contributed by atoms with Crippen LogP contribution in [0.1, 0.15) is 37.3 Å². The summed E-state index contributed by atoms with van der Waals surface area (Å²) in [4.78, 5) is 8.81. The number of thiophene rings is 1. The van der Waals surface area contributed by atoms with Gasteiger partial charge in [0.25, 0.3) is 0 Å². The van der Waals surface area contributed by atoms with E-state index < -0.39 is 0 Å². The average Bonchev–Trinajstić information content (AvgIpc) is 3.12. The topological polar surface area (TPSA) is 81.7 Å². The van der Waals surface area contributed by atoms with E-state index in [-0.39, 0.29) is 12.1 Å². The molecule has 0 radical (unpaired) electrons. The quantitative estimate of drug-likeness (QED) is 0.558. The van der Waals surface area contributed by atoms with E-state index in [0.29, 0.717) is 6.42 Å². The molecule has 1 unspecified atom stereocenters. The van der Waals surface area contributed by atoms with Crippen LogP contribution in [-0.4, -0.2) is 19.7 Å². The molecule has 3 rings (SSSR count). The summed E-state index contributed by atoms with van der Waals surface area (Å²) in [5, 5.41) is 6.31. The molecule has 0 aromatic carbocycles. The molecule has 3 aromatic rings. The number of nitrogens with two attached hydrogens (primary N) is 1. The van der Waals surface area contributed by atoms with Gasteiger partial charge in [0.15, 0.2) is 0 Å². The van der Waals surface area contributed by atoms with E-state index in [9.17, 15) is 0 Å². The first kappa shape index (κ1) is 14.1. The zero-order valence-corrected chi connectivity index (χ0v) is 12.8. The monoisotopic (exact) mass is 302 g/mol. The van der Waals surface area contributed by atoms with Gasteiger partial charge in [-0.05, 0) is 36.9 Å². The van der Waals surface area contributed by atoms with E-state index in [1.165, 1.54) is 0 Å². The number of nitrogens with one attached hydrogen (secondary N) is 1. The lowest BCUT2D eigenvalue weighted by Gasteiger charge is -2.17. The van der Waals surface area contributed by atoms with Crippen LogP contribution in [-0.2, 0) is 6.42 Å². The van der Waals surface area contributed by atoms with Gasteiger partial charge in [0.05, 0.1) is 16.3 Å². The summed E-state index contributed by atoms with van der Waals surface area (Å²) in [6.07, 6.45) is 4.13. The van der Waals surface area contributed by atoms with E-state index in [0.717, 1.165) is 21.6 Å². The molecular weight excluding hydrogens is 284 g/mol. The Morgan fingerprint density at radius 3 is 3.00 bits per heavy atom. The standard InChI is InChI=1S/C14H18N6S/c1-9(2)20-14(17-8-18-20)6-12(19-15)10-5-13-11(16-7-10)3-4-21-13/h3-5,7-9,12,19H,6,15H2,1-2H3. The highest BCUT2D eigenvalue weighted by atomic mass is 32.1. The minimum atomic E-state index is -0.0364. The second kappa shape index (κ2) is 5.88. The summed E-state index contributed by atoms with van der Waals surface area (Å²) in [7, 11) is 0. The fourth-order valence-electron chi connectivity index (χ4n) is 2.36. The van der Waals surface area contributed by atoms with Crippen molar-refractivity contribution in [3.63, 3.8) is 0 Å². The van der Waals surface area contributed by atoms with Crippen molar-refractivity contribution in [2.75, 3.05) is 0 Å². The smallest absolute Gasteiger partial charge is 0.138 e. The molecule has 3 aromatic heterocycles. The Hall–Kier alpha value is -1.83. The Kier molecular flexibility index (Phi) is 3.96. The summed E-state index contributed by atoms with van der Waals surface area (Å²) in [6, 6.07) is 4.39. The molecule has 0 saturated carbocycles. The first-order chi connectivity index (χ1) is 10.2. The van der Waals surface area contributed by atoms with Gasteiger partial charge in [0, 0.05) is 18.7 Å². The molecule has 0 spiro atoms. The maximum Gasteiger partial charge on any atom is 0.138 e. The van der Waals surface area contributed by atoms with Crippen LogP contribution in [0.15, 0.2) is 30.0 Å². The molecule has 0 aliphatic rings. The number of nitrogens with zero attached hydrogens (tertiary/aromatic N) is 4. The third-order valence-corrected chi connectivity index (χ3v) is 4.30. The Morgan fingerprint density at radius 2 is 2.24 bits per heavy atom. The van der Waals surface area contributed by atoms with Crippen molar-refractivity contribution in [3.8, 4) is 0 Å². The predicted octanol–water partition coefficient (Wildman–Crippen LogP) is 2.22. The molecule has 7 heteroatoms. The number of hydrazine groups is 1. The highest BCUT2D eigenvalue weighted by Gasteiger charge is 2.17. The number of pyridine rings is 1. The van der Waals surface area contributed by atoms with Crippen molar-refractivity contribution in [1.82, 2.24) is 25.2 Å². The van der Waals surface area contributed by atoms with Gasteiger partial charge in [-0.25, -0.2) is 9.67 Å². The van der Waals surface area contributed by atoms with E-state index in [4.69, 9.17) is 5.84 Å². The molecule has 0 aliphatic heterocycles. The van der Waals surface area contributed by atoms with Crippen LogP contribution in [0.4, 0.5) is 0 Å². The summed E-state index contributed by atoms with van der Waals surface area (Å²) in [5.74, 6) is 6.65. The van der Waals surface area contributed by atoms with Gasteiger partial charge in [-0.2, -0.15) is 5.10 Å². The van der Waals surface area contributed by atoms with Gasteiger partial charge in [-0.1, -0.05) is 0 Å². The van der Waals surface area contributed by atoms with E-state index in [1.807, 2.05) is 22.3 Å². The largest absolute Gasteiger partial charge is 0.271 e. The van der Waals surface area contributed by atoms with Gasteiger partial charge in [0.2, 0.25) is 0 Å². The van der Waals surface area contributed by atoms with Gasteiger partial charge in [0.1, 0.15) is 12.2 Å². The van der Waals surface area contributed by atoms with Crippen LogP contribution >= 0.6 is 11.3 Å². The second-order valence-corrected chi connectivity index (χ2v) is 6.16. The molecule has 6 nitrogen and oxygen atoms in total. The highest BCUT2D eigenvalue weighted by molar-refractivity contribution is 7.17. The van der Waals surface area contributed by atoms with Crippen LogP contribution in [0, 0.1) is 0 Å². The Morgan fingerprint density at radius 1 is 1.38 bits per heavy atom. The normalized spacial score (nSPS) is 13.1. The van der Waals surface area contributed by atoms with Crippen LogP contribution in [0.3, 0.4) is 0 Å². The van der Waals surface area contributed by atoms with Crippen LogP contribution in [0.2, 0.25) is 0 Å². The number of hydrogen-bond acceptors (Lipinski definition) is 6. The molecule has 0 amide bonds. The minimum absolute atomic E-state index is 0.0364. The number of fused-ring (bicyclic) bond motifs is 1. The molecule has 3 N–H and O–H groups in total. The molecule has 0 saturated heterocycles. The first-order valence-corrected chi connectivity index (χ1v) is 7.74. The molecular formula is C14H18N6S. The molecule has 0 aliphatic carbocycles. The molecule has 0 bridgehead atoms. The van der Waals surface area contributed by atoms with Crippen molar-refractivity contribution in [1.29, 1.82) is 0 Å². The van der Waals surface area contributed by atoms with E-state index >= 15 is 0 Å². The summed E-state index contributed by atoms with van der Waals surface area (Å²) in [6.45, 7) is 4.17. The third kappa shape index (κ3) is 2.80. The van der Waals surface area contributed by atoms with Crippen molar-refractivity contribution < 1.29 is 0 Å². The van der Waals surface area contributed by atoms with Crippen LogP contribution < -0.4 is 11.3 Å². The molecule has 21 heavy (non-hydrogen) atoms. The summed E-state index contributed by atoms with van der Waals surface area (Å²) < 4.78 is 3.08. The SMILES string of the molecule is CC(C)n1ncnc1CC(NN)c1cnc2ccsc2c1. The average molecular weight is 302 g/mol. The fraction of sp³-hybridized carbons (Fsp3) is 0.357. The van der Waals surface area contributed by atoms with Crippen LogP contribution in [0.25, 0.3) is 10.2 Å². The van der Waals surface area contributed by atoms with Crippen molar-refractivity contribution >= 4 is 21.6 Å². The van der Waals surface area contributed by atoms with Gasteiger partial charge < -0.3 is 0 Å². The maximum absolute atomic E-state index is 5.74. The van der Waals surface area contributed by atoms with E-state index in [1.54, 1.807) is 17.7 Å². The highest BCUT2D eigenvalue weighted by Crippen LogP contribution is 2.24. The van der Waals surface area contributed by atoms with Crippen molar-refractivity contribution in [2.45, 2.75) is 32.4 Å². The maximum atomic E-state index is 5.74. The number of hydrogen-bond donors (Lipinski definition) is 2. The zero-order valence-electron chi connectivity index (χ0n) is 12.0. The first-order valence-electron chi connectivity index (χ1n) is 6.86. The lowest BCUT2D eigenvalue weighted by atomic mass is 10.1. The molecule has 3 heterocycles. The van der Waals surface area contributed by atoms with Crippen molar-refractivity contribution in [3.05, 3.63) is 41.4 Å². The number of rotatable bonds is 5. The molecule has 1 atom stereocenters. The fourth-order valence-corrected chi connectivity index (χ4v) is 3.15. The van der Waals surface area contributed by atoms with Crippen molar-refractivity contribution in [2.24, 2.45) is 5.84 Å². The van der Waals surface area contributed by atoms with E-state index in [2.05, 4.69) is 40.4 Å².